The molecule has 1 aromatic heterocycles. The van der Waals surface area contributed by atoms with E-state index in [-0.39, 0.29) is 11.6 Å². The van der Waals surface area contributed by atoms with Crippen molar-refractivity contribution in [3.05, 3.63) is 57.6 Å². The van der Waals surface area contributed by atoms with Gasteiger partial charge in [-0.05, 0) is 36.2 Å². The zero-order chi connectivity index (χ0) is 16.3. The van der Waals surface area contributed by atoms with Gasteiger partial charge < -0.3 is 15.0 Å². The van der Waals surface area contributed by atoms with Gasteiger partial charge in [0.15, 0.2) is 0 Å². The predicted octanol–water partition coefficient (Wildman–Crippen LogP) is 2.82. The van der Waals surface area contributed by atoms with Gasteiger partial charge in [-0.3, -0.25) is 0 Å². The predicted molar refractivity (Wildman–Crippen MR) is 82.9 cm³/mol. The lowest BCUT2D eigenvalue weighted by molar-refractivity contribution is 0.243. The first-order valence-corrected chi connectivity index (χ1v) is 7.20. The number of rotatable bonds is 5. The SMILES string of the molecule is Cc1c(CNC(CO)c2ccc(Cl)c(F)c2)cc(C#N)n1C. The van der Waals surface area contributed by atoms with Gasteiger partial charge in [0.2, 0.25) is 0 Å². The van der Waals surface area contributed by atoms with Crippen LogP contribution in [0.3, 0.4) is 0 Å². The van der Waals surface area contributed by atoms with E-state index in [1.165, 1.54) is 12.1 Å². The Labute approximate surface area is 133 Å². The highest BCUT2D eigenvalue weighted by Gasteiger charge is 2.14. The van der Waals surface area contributed by atoms with E-state index in [0.717, 1.165) is 11.3 Å². The van der Waals surface area contributed by atoms with Gasteiger partial charge in [-0.25, -0.2) is 4.39 Å². The summed E-state index contributed by atoms with van der Waals surface area (Å²) in [6.07, 6.45) is 0. The number of hydrogen-bond donors (Lipinski definition) is 2. The van der Waals surface area contributed by atoms with Gasteiger partial charge in [0, 0.05) is 19.3 Å². The molecule has 2 aromatic rings. The molecule has 1 heterocycles. The van der Waals surface area contributed by atoms with Crippen molar-refractivity contribution in [3.8, 4) is 6.07 Å². The smallest absolute Gasteiger partial charge is 0.142 e. The summed E-state index contributed by atoms with van der Waals surface area (Å²) in [6.45, 7) is 2.22. The van der Waals surface area contributed by atoms with Crippen molar-refractivity contribution >= 4 is 11.6 Å². The number of aliphatic hydroxyl groups excluding tert-OH is 1. The molecule has 0 aliphatic rings. The summed E-state index contributed by atoms with van der Waals surface area (Å²) >= 11 is 5.67. The lowest BCUT2D eigenvalue weighted by Crippen LogP contribution is -2.24. The molecule has 0 radical (unpaired) electrons. The fraction of sp³-hybridized carbons (Fsp3) is 0.312. The van der Waals surface area contributed by atoms with E-state index < -0.39 is 11.9 Å². The zero-order valence-corrected chi connectivity index (χ0v) is 13.2. The van der Waals surface area contributed by atoms with Crippen LogP contribution in [0.2, 0.25) is 5.02 Å². The number of benzene rings is 1. The molecule has 0 bridgehead atoms. The molecule has 0 fully saturated rings. The summed E-state index contributed by atoms with van der Waals surface area (Å²) in [6, 6.07) is 7.99. The van der Waals surface area contributed by atoms with Crippen molar-refractivity contribution in [2.24, 2.45) is 7.05 Å². The molecule has 1 atom stereocenters. The summed E-state index contributed by atoms with van der Waals surface area (Å²) in [4.78, 5) is 0. The summed E-state index contributed by atoms with van der Waals surface area (Å²) < 4.78 is 15.3. The monoisotopic (exact) mass is 321 g/mol. The Bertz CT molecular complexity index is 721. The minimum atomic E-state index is -0.512. The molecule has 1 aromatic carbocycles. The van der Waals surface area contributed by atoms with Crippen molar-refractivity contribution in [1.29, 1.82) is 5.26 Å². The number of halogens is 2. The molecule has 0 saturated heterocycles. The van der Waals surface area contributed by atoms with Crippen LogP contribution in [0.15, 0.2) is 24.3 Å². The zero-order valence-electron chi connectivity index (χ0n) is 12.4. The molecule has 0 spiro atoms. The van der Waals surface area contributed by atoms with Crippen LogP contribution in [0.5, 0.6) is 0 Å². The van der Waals surface area contributed by atoms with Crippen molar-refractivity contribution in [1.82, 2.24) is 9.88 Å². The number of aromatic nitrogens is 1. The molecular formula is C16H17ClFN3O. The lowest BCUT2D eigenvalue weighted by atomic mass is 10.1. The molecule has 22 heavy (non-hydrogen) atoms. The maximum atomic E-state index is 13.5. The Hall–Kier alpha value is -1.87. The third kappa shape index (κ3) is 3.30. The number of nitrogens with one attached hydrogen (secondary N) is 1. The second-order valence-electron chi connectivity index (χ2n) is 5.10. The maximum Gasteiger partial charge on any atom is 0.142 e. The average Bonchev–Trinajstić information content (AvgIpc) is 2.79. The fourth-order valence-corrected chi connectivity index (χ4v) is 2.42. The molecule has 6 heteroatoms. The van der Waals surface area contributed by atoms with Crippen LogP contribution in [-0.2, 0) is 13.6 Å². The first-order valence-electron chi connectivity index (χ1n) is 6.82. The van der Waals surface area contributed by atoms with Gasteiger partial charge in [-0.2, -0.15) is 5.26 Å². The second kappa shape index (κ2) is 6.93. The van der Waals surface area contributed by atoms with Crippen molar-refractivity contribution < 1.29 is 9.50 Å². The fourth-order valence-electron chi connectivity index (χ4n) is 2.30. The third-order valence-electron chi connectivity index (χ3n) is 3.82. The molecule has 116 valence electrons. The van der Waals surface area contributed by atoms with Crippen molar-refractivity contribution in [2.75, 3.05) is 6.61 Å². The molecule has 1 unspecified atom stereocenters. The van der Waals surface area contributed by atoms with Crippen LogP contribution in [0.1, 0.15) is 28.6 Å². The quantitative estimate of drug-likeness (QED) is 0.890. The standard InChI is InChI=1S/C16H17ClFN3O/c1-10-12(5-13(7-19)21(10)2)8-20-16(9-22)11-3-4-14(17)15(18)6-11/h3-6,16,20,22H,8-9H2,1-2H3. The molecule has 4 nitrogen and oxygen atoms in total. The van der Waals surface area contributed by atoms with Crippen LogP contribution in [0, 0.1) is 24.1 Å². The summed E-state index contributed by atoms with van der Waals surface area (Å²) in [5.41, 5.74) is 3.14. The van der Waals surface area contributed by atoms with Crippen LogP contribution in [0.25, 0.3) is 0 Å². The lowest BCUT2D eigenvalue weighted by Gasteiger charge is -2.17. The van der Waals surface area contributed by atoms with E-state index >= 15 is 0 Å². The van der Waals surface area contributed by atoms with Gasteiger partial charge in [-0.1, -0.05) is 17.7 Å². The highest BCUT2D eigenvalue weighted by Crippen LogP contribution is 2.21. The first kappa shape index (κ1) is 16.5. The van der Waals surface area contributed by atoms with Crippen molar-refractivity contribution in [3.63, 3.8) is 0 Å². The van der Waals surface area contributed by atoms with E-state index in [2.05, 4.69) is 11.4 Å². The minimum Gasteiger partial charge on any atom is -0.394 e. The van der Waals surface area contributed by atoms with Gasteiger partial charge >= 0.3 is 0 Å². The average molecular weight is 322 g/mol. The Morgan fingerprint density at radius 3 is 2.73 bits per heavy atom. The topological polar surface area (TPSA) is 61.0 Å². The number of nitrogens with zero attached hydrogens (tertiary/aromatic N) is 2. The van der Waals surface area contributed by atoms with Gasteiger partial charge in [-0.15, -0.1) is 0 Å². The summed E-state index contributed by atoms with van der Waals surface area (Å²) in [7, 11) is 1.83. The van der Waals surface area contributed by atoms with Crippen LogP contribution in [-0.4, -0.2) is 16.3 Å². The van der Waals surface area contributed by atoms with Crippen LogP contribution < -0.4 is 5.32 Å². The second-order valence-corrected chi connectivity index (χ2v) is 5.51. The van der Waals surface area contributed by atoms with Gasteiger partial charge in [0.25, 0.3) is 0 Å². The Balaban J connectivity index is 2.15. The van der Waals surface area contributed by atoms with E-state index in [1.807, 2.05) is 18.5 Å². The molecule has 0 aliphatic carbocycles. The van der Waals surface area contributed by atoms with Crippen molar-refractivity contribution in [2.45, 2.75) is 19.5 Å². The molecular weight excluding hydrogens is 305 g/mol. The minimum absolute atomic E-state index is 0.0537. The normalized spacial score (nSPS) is 12.2. The highest BCUT2D eigenvalue weighted by molar-refractivity contribution is 6.30. The maximum absolute atomic E-state index is 13.5. The summed E-state index contributed by atoms with van der Waals surface area (Å²) in [5, 5.41) is 21.8. The third-order valence-corrected chi connectivity index (χ3v) is 4.13. The summed E-state index contributed by atoms with van der Waals surface area (Å²) in [5.74, 6) is -0.512. The van der Waals surface area contributed by atoms with Crippen LogP contribution in [0.4, 0.5) is 4.39 Å². The van der Waals surface area contributed by atoms with E-state index in [9.17, 15) is 9.50 Å². The molecule has 2 N–H and O–H groups in total. The Kier molecular flexibility index (Phi) is 5.19. The molecule has 2 rings (SSSR count). The van der Waals surface area contributed by atoms with E-state index in [1.54, 1.807) is 12.1 Å². The van der Waals surface area contributed by atoms with Gasteiger partial charge in [0.05, 0.1) is 17.7 Å². The number of aliphatic hydroxyl groups is 1. The Morgan fingerprint density at radius 1 is 1.45 bits per heavy atom. The van der Waals surface area contributed by atoms with E-state index in [0.29, 0.717) is 17.8 Å². The highest BCUT2D eigenvalue weighted by atomic mass is 35.5. The first-order chi connectivity index (χ1) is 10.5. The van der Waals surface area contributed by atoms with E-state index in [4.69, 9.17) is 16.9 Å². The number of nitriles is 1. The largest absolute Gasteiger partial charge is 0.394 e. The number of hydrogen-bond acceptors (Lipinski definition) is 3. The molecule has 0 amide bonds. The molecule has 0 aliphatic heterocycles. The van der Waals surface area contributed by atoms with Crippen LogP contribution >= 0.6 is 11.6 Å². The Morgan fingerprint density at radius 2 is 2.18 bits per heavy atom. The van der Waals surface area contributed by atoms with Gasteiger partial charge in [0.1, 0.15) is 17.6 Å². The molecule has 0 saturated carbocycles.